The van der Waals surface area contributed by atoms with Gasteiger partial charge in [-0.15, -0.1) is 0 Å². The van der Waals surface area contributed by atoms with Gasteiger partial charge in [0.1, 0.15) is 5.75 Å². The van der Waals surface area contributed by atoms with E-state index in [4.69, 9.17) is 14.8 Å². The summed E-state index contributed by atoms with van der Waals surface area (Å²) in [6.45, 7) is 2.15. The fourth-order valence-electron chi connectivity index (χ4n) is 4.18. The molecule has 5 rings (SSSR count). The van der Waals surface area contributed by atoms with Crippen LogP contribution in [-0.4, -0.2) is 27.6 Å². The predicted octanol–water partition coefficient (Wildman–Crippen LogP) is 5.63. The molecule has 154 valence electrons. The molecule has 5 nitrogen and oxygen atoms in total. The van der Waals surface area contributed by atoms with Crippen molar-refractivity contribution in [1.82, 2.24) is 14.8 Å². The van der Waals surface area contributed by atoms with E-state index in [1.165, 1.54) is 0 Å². The number of fused-ring (bicyclic) bond motifs is 1. The van der Waals surface area contributed by atoms with Crippen LogP contribution in [0.25, 0.3) is 11.1 Å². The molecule has 3 heterocycles. The van der Waals surface area contributed by atoms with Crippen molar-refractivity contribution in [2.24, 2.45) is 4.99 Å². The molecule has 0 fully saturated rings. The molecule has 2 aromatic carbocycles. The van der Waals surface area contributed by atoms with E-state index in [0.717, 1.165) is 58.1 Å². The molecule has 0 N–H and O–H groups in total. The zero-order chi connectivity index (χ0) is 21.2. The van der Waals surface area contributed by atoms with Crippen molar-refractivity contribution in [3.63, 3.8) is 0 Å². The van der Waals surface area contributed by atoms with Gasteiger partial charge in [-0.1, -0.05) is 43.3 Å². The number of nitrogens with zero attached hydrogens (tertiary/aromatic N) is 4. The van der Waals surface area contributed by atoms with Gasteiger partial charge in [-0.25, -0.2) is 9.67 Å². The Kier molecular flexibility index (Phi) is 5.08. The van der Waals surface area contributed by atoms with Gasteiger partial charge in [-0.05, 0) is 53.4 Å². The molecule has 1 aliphatic heterocycles. The quantitative estimate of drug-likeness (QED) is 0.430. The van der Waals surface area contributed by atoms with Crippen molar-refractivity contribution in [2.75, 3.05) is 7.11 Å². The van der Waals surface area contributed by atoms with E-state index in [1.54, 1.807) is 7.11 Å². The van der Waals surface area contributed by atoms with Crippen molar-refractivity contribution in [3.05, 3.63) is 95.9 Å². The molecule has 0 bridgehead atoms. The summed E-state index contributed by atoms with van der Waals surface area (Å²) in [7, 11) is 1.68. The lowest BCUT2D eigenvalue weighted by Gasteiger charge is -2.25. The molecule has 1 aliphatic rings. The SMILES string of the molecule is CCc1nn2c(c1-c1ccccc1)N=C(c1ccc(OC)cc1)C[C@@H]2c1cccnc1. The number of aryl methyl sites for hydroxylation is 1. The van der Waals surface area contributed by atoms with Crippen LogP contribution in [0, 0.1) is 0 Å². The van der Waals surface area contributed by atoms with Gasteiger partial charge in [0.2, 0.25) is 0 Å². The summed E-state index contributed by atoms with van der Waals surface area (Å²) in [6, 6.07) is 22.7. The monoisotopic (exact) mass is 408 g/mol. The number of hydrogen-bond acceptors (Lipinski definition) is 4. The summed E-state index contributed by atoms with van der Waals surface area (Å²) in [5.74, 6) is 1.75. The Morgan fingerprint density at radius 1 is 0.968 bits per heavy atom. The zero-order valence-corrected chi connectivity index (χ0v) is 17.7. The third kappa shape index (κ3) is 3.52. The molecule has 0 radical (unpaired) electrons. The smallest absolute Gasteiger partial charge is 0.159 e. The van der Waals surface area contributed by atoms with Gasteiger partial charge in [-0.3, -0.25) is 4.98 Å². The molecule has 0 aliphatic carbocycles. The van der Waals surface area contributed by atoms with Crippen LogP contribution >= 0.6 is 0 Å². The highest BCUT2D eigenvalue weighted by molar-refractivity contribution is 6.04. The number of ether oxygens (including phenoxy) is 1. The first-order valence-corrected chi connectivity index (χ1v) is 10.6. The van der Waals surface area contributed by atoms with Crippen LogP contribution in [0.3, 0.4) is 0 Å². The lowest BCUT2D eigenvalue weighted by atomic mass is 9.96. The van der Waals surface area contributed by atoms with E-state index < -0.39 is 0 Å². The molecule has 2 aromatic heterocycles. The van der Waals surface area contributed by atoms with Crippen LogP contribution in [0.1, 0.15) is 36.2 Å². The Balaban J connectivity index is 1.71. The number of aromatic nitrogens is 3. The second-order valence-corrected chi connectivity index (χ2v) is 7.60. The fraction of sp³-hybridized carbons (Fsp3) is 0.192. The minimum atomic E-state index is 0.0427. The summed E-state index contributed by atoms with van der Waals surface area (Å²) in [4.78, 5) is 9.51. The van der Waals surface area contributed by atoms with E-state index >= 15 is 0 Å². The van der Waals surface area contributed by atoms with Gasteiger partial charge in [0, 0.05) is 24.4 Å². The minimum Gasteiger partial charge on any atom is -0.497 e. The topological polar surface area (TPSA) is 52.3 Å². The van der Waals surface area contributed by atoms with Crippen molar-refractivity contribution in [1.29, 1.82) is 0 Å². The van der Waals surface area contributed by atoms with Crippen LogP contribution in [0.4, 0.5) is 5.82 Å². The Hall–Kier alpha value is -3.73. The van der Waals surface area contributed by atoms with Crippen molar-refractivity contribution in [3.8, 4) is 16.9 Å². The summed E-state index contributed by atoms with van der Waals surface area (Å²) >= 11 is 0. The molecule has 31 heavy (non-hydrogen) atoms. The van der Waals surface area contributed by atoms with E-state index in [-0.39, 0.29) is 6.04 Å². The van der Waals surface area contributed by atoms with Crippen molar-refractivity contribution >= 4 is 11.5 Å². The van der Waals surface area contributed by atoms with Gasteiger partial charge in [-0.2, -0.15) is 5.10 Å². The number of hydrogen-bond donors (Lipinski definition) is 0. The average molecular weight is 409 g/mol. The zero-order valence-electron chi connectivity index (χ0n) is 17.7. The van der Waals surface area contributed by atoms with Gasteiger partial charge < -0.3 is 4.74 Å². The maximum absolute atomic E-state index is 5.34. The van der Waals surface area contributed by atoms with E-state index in [2.05, 4.69) is 59.1 Å². The minimum absolute atomic E-state index is 0.0427. The third-order valence-electron chi connectivity index (χ3n) is 5.77. The molecule has 0 spiro atoms. The largest absolute Gasteiger partial charge is 0.497 e. The number of pyridine rings is 1. The first kappa shape index (κ1) is 19.2. The summed E-state index contributed by atoms with van der Waals surface area (Å²) < 4.78 is 7.42. The summed E-state index contributed by atoms with van der Waals surface area (Å²) in [5.41, 5.74) is 6.60. The molecule has 0 unspecified atom stereocenters. The maximum atomic E-state index is 5.34. The van der Waals surface area contributed by atoms with Gasteiger partial charge in [0.15, 0.2) is 5.82 Å². The molecular weight excluding hydrogens is 384 g/mol. The molecule has 5 heteroatoms. The predicted molar refractivity (Wildman–Crippen MR) is 123 cm³/mol. The summed E-state index contributed by atoms with van der Waals surface area (Å²) in [6.07, 6.45) is 5.34. The van der Waals surface area contributed by atoms with Crippen molar-refractivity contribution in [2.45, 2.75) is 25.8 Å². The second kappa shape index (κ2) is 8.19. The Morgan fingerprint density at radius 2 is 1.77 bits per heavy atom. The number of benzene rings is 2. The highest BCUT2D eigenvalue weighted by atomic mass is 16.5. The fourth-order valence-corrected chi connectivity index (χ4v) is 4.18. The first-order chi connectivity index (χ1) is 15.3. The highest BCUT2D eigenvalue weighted by Crippen LogP contribution is 2.42. The average Bonchev–Trinajstić information content (AvgIpc) is 3.23. The Labute approximate surface area is 182 Å². The molecule has 0 saturated carbocycles. The third-order valence-corrected chi connectivity index (χ3v) is 5.77. The number of rotatable bonds is 5. The van der Waals surface area contributed by atoms with Gasteiger partial charge in [0.05, 0.1) is 24.6 Å². The van der Waals surface area contributed by atoms with Crippen LogP contribution in [0.5, 0.6) is 5.75 Å². The van der Waals surface area contributed by atoms with Crippen LogP contribution in [0.2, 0.25) is 0 Å². The van der Waals surface area contributed by atoms with Crippen LogP contribution < -0.4 is 4.74 Å². The second-order valence-electron chi connectivity index (χ2n) is 7.60. The lowest BCUT2D eigenvalue weighted by molar-refractivity contribution is 0.415. The normalized spacial score (nSPS) is 15.3. The summed E-state index contributed by atoms with van der Waals surface area (Å²) in [5, 5.41) is 5.02. The first-order valence-electron chi connectivity index (χ1n) is 10.6. The molecule has 1 atom stereocenters. The van der Waals surface area contributed by atoms with Crippen LogP contribution in [0.15, 0.2) is 84.1 Å². The maximum Gasteiger partial charge on any atom is 0.159 e. The standard InChI is InChI=1S/C26H24N4O/c1-3-22-25(19-8-5-4-6-9-19)26-28-23(18-11-13-21(31-2)14-12-18)16-24(30(26)29-22)20-10-7-15-27-17-20/h4-15,17,24H,3,16H2,1-2H3/t24-/m1/s1. The van der Waals surface area contributed by atoms with E-state index in [1.807, 2.05) is 36.7 Å². The van der Waals surface area contributed by atoms with E-state index in [0.29, 0.717) is 0 Å². The van der Waals surface area contributed by atoms with Gasteiger partial charge >= 0.3 is 0 Å². The van der Waals surface area contributed by atoms with E-state index in [9.17, 15) is 0 Å². The molecular formula is C26H24N4O. The van der Waals surface area contributed by atoms with Gasteiger partial charge in [0.25, 0.3) is 0 Å². The van der Waals surface area contributed by atoms with Crippen LogP contribution in [-0.2, 0) is 6.42 Å². The number of aliphatic imine (C=N–C) groups is 1. The molecule has 0 saturated heterocycles. The highest BCUT2D eigenvalue weighted by Gasteiger charge is 2.30. The Morgan fingerprint density at radius 3 is 2.45 bits per heavy atom. The van der Waals surface area contributed by atoms with Crippen molar-refractivity contribution < 1.29 is 4.74 Å². The lowest BCUT2D eigenvalue weighted by Crippen LogP contribution is -2.21. The molecule has 0 amide bonds. The Bertz CT molecular complexity index is 1210. The number of methoxy groups -OCH3 is 1. The molecule has 4 aromatic rings.